The molecular formula is C24H23N3O3S. The predicted molar refractivity (Wildman–Crippen MR) is 123 cm³/mol. The van der Waals surface area contributed by atoms with Gasteiger partial charge in [-0.1, -0.05) is 65.9 Å². The van der Waals surface area contributed by atoms with E-state index < -0.39 is 0 Å². The van der Waals surface area contributed by atoms with Crippen molar-refractivity contribution in [3.05, 3.63) is 78.2 Å². The molecule has 4 rings (SSSR count). The number of hydrogen-bond donors (Lipinski definition) is 0. The molecule has 0 saturated heterocycles. The van der Waals surface area contributed by atoms with Crippen molar-refractivity contribution in [3.63, 3.8) is 0 Å². The third-order valence-electron chi connectivity index (χ3n) is 4.83. The third kappa shape index (κ3) is 5.06. The number of carbonyl (C=O) groups is 1. The molecule has 1 heterocycles. The molecule has 1 aromatic heterocycles. The molecule has 0 aliphatic carbocycles. The molecule has 31 heavy (non-hydrogen) atoms. The Morgan fingerprint density at radius 1 is 1.03 bits per heavy atom. The van der Waals surface area contributed by atoms with E-state index in [0.29, 0.717) is 17.7 Å². The second kappa shape index (κ2) is 9.66. The minimum Gasteiger partial charge on any atom is -0.484 e. The maximum Gasteiger partial charge on any atom is 0.277 e. The highest BCUT2D eigenvalue weighted by atomic mass is 32.2. The van der Waals surface area contributed by atoms with Gasteiger partial charge >= 0.3 is 0 Å². The van der Waals surface area contributed by atoms with Crippen molar-refractivity contribution in [1.82, 2.24) is 10.2 Å². The summed E-state index contributed by atoms with van der Waals surface area (Å²) in [7, 11) is 0. The van der Waals surface area contributed by atoms with Crippen LogP contribution in [0.5, 0.6) is 5.75 Å². The number of benzene rings is 3. The molecule has 0 saturated carbocycles. The van der Waals surface area contributed by atoms with Crippen LogP contribution in [0.25, 0.3) is 10.8 Å². The number of carbonyl (C=O) groups excluding carboxylic acids is 1. The van der Waals surface area contributed by atoms with Gasteiger partial charge in [-0.3, -0.25) is 4.79 Å². The molecule has 0 N–H and O–H groups in total. The van der Waals surface area contributed by atoms with Crippen LogP contribution in [0.3, 0.4) is 0 Å². The Bertz CT molecular complexity index is 1170. The molecule has 3 aromatic carbocycles. The summed E-state index contributed by atoms with van der Waals surface area (Å²) in [5, 5.41) is 10.5. The van der Waals surface area contributed by atoms with Gasteiger partial charge in [0.25, 0.3) is 11.1 Å². The lowest BCUT2D eigenvalue weighted by Gasteiger charge is -2.22. The van der Waals surface area contributed by atoms with Crippen LogP contribution in [-0.2, 0) is 11.4 Å². The largest absolute Gasteiger partial charge is 0.484 e. The van der Waals surface area contributed by atoms with Crippen LogP contribution in [0.2, 0.25) is 0 Å². The number of thioether (sulfide) groups is 1. The van der Waals surface area contributed by atoms with E-state index in [1.807, 2.05) is 80.6 Å². The van der Waals surface area contributed by atoms with Crippen LogP contribution < -0.4 is 9.64 Å². The first kappa shape index (κ1) is 20.9. The fourth-order valence-corrected chi connectivity index (χ4v) is 3.92. The summed E-state index contributed by atoms with van der Waals surface area (Å²) in [4.78, 5) is 14.7. The average molecular weight is 434 g/mol. The van der Waals surface area contributed by atoms with Gasteiger partial charge in [-0.2, -0.15) is 0 Å². The van der Waals surface area contributed by atoms with Gasteiger partial charge in [0.2, 0.25) is 5.91 Å². The smallest absolute Gasteiger partial charge is 0.277 e. The zero-order valence-electron chi connectivity index (χ0n) is 17.4. The topological polar surface area (TPSA) is 68.5 Å². The number of nitrogens with zero attached hydrogens (tertiary/aromatic N) is 3. The van der Waals surface area contributed by atoms with Crippen LogP contribution in [-0.4, -0.2) is 28.4 Å². The fraction of sp³-hybridized carbons (Fsp3) is 0.208. The molecule has 0 unspecified atom stereocenters. The molecule has 4 aromatic rings. The number of amides is 1. The van der Waals surface area contributed by atoms with E-state index in [-0.39, 0.29) is 18.3 Å². The molecule has 0 fully saturated rings. The van der Waals surface area contributed by atoms with Crippen molar-refractivity contribution in [2.24, 2.45) is 0 Å². The summed E-state index contributed by atoms with van der Waals surface area (Å²) < 4.78 is 11.3. The Morgan fingerprint density at radius 2 is 1.81 bits per heavy atom. The summed E-state index contributed by atoms with van der Waals surface area (Å²) in [6.07, 6.45) is 0. The number of anilines is 1. The standard InChI is InChI=1S/C24H23N3O3S/c1-3-27(21-10-6-8-18-7-4-5-9-20(18)21)23(28)16-31-24-26-25-22(30-24)15-29-19-13-11-17(2)12-14-19/h4-14H,3,15-16H2,1-2H3. The molecule has 0 aliphatic heterocycles. The first-order chi connectivity index (χ1) is 15.1. The van der Waals surface area contributed by atoms with Gasteiger partial charge in [-0.15, -0.1) is 10.2 Å². The van der Waals surface area contributed by atoms with Gasteiger partial charge in [0.1, 0.15) is 5.75 Å². The van der Waals surface area contributed by atoms with Crippen molar-refractivity contribution in [1.29, 1.82) is 0 Å². The predicted octanol–water partition coefficient (Wildman–Crippen LogP) is 5.26. The van der Waals surface area contributed by atoms with Crippen molar-refractivity contribution in [2.45, 2.75) is 25.7 Å². The van der Waals surface area contributed by atoms with Gasteiger partial charge in [-0.25, -0.2) is 0 Å². The van der Waals surface area contributed by atoms with Crippen LogP contribution in [0.15, 0.2) is 76.4 Å². The Balaban J connectivity index is 1.37. The molecule has 0 aliphatic rings. The van der Waals surface area contributed by atoms with E-state index in [9.17, 15) is 4.79 Å². The van der Waals surface area contributed by atoms with Crippen molar-refractivity contribution in [2.75, 3.05) is 17.2 Å². The summed E-state index contributed by atoms with van der Waals surface area (Å²) in [5.41, 5.74) is 2.07. The quantitative estimate of drug-likeness (QED) is 0.353. The van der Waals surface area contributed by atoms with E-state index in [4.69, 9.17) is 9.15 Å². The lowest BCUT2D eigenvalue weighted by Crippen LogP contribution is -2.32. The Kier molecular flexibility index (Phi) is 6.52. The zero-order chi connectivity index (χ0) is 21.6. The van der Waals surface area contributed by atoms with Gasteiger partial charge in [-0.05, 0) is 37.4 Å². The number of ether oxygens (including phenoxy) is 1. The average Bonchev–Trinajstić information content (AvgIpc) is 3.26. The summed E-state index contributed by atoms with van der Waals surface area (Å²) in [6.45, 7) is 4.75. The molecule has 0 spiro atoms. The molecule has 0 atom stereocenters. The maximum absolute atomic E-state index is 12.9. The minimum absolute atomic E-state index is 0.0143. The van der Waals surface area contributed by atoms with Crippen molar-refractivity contribution in [3.8, 4) is 5.75 Å². The second-order valence-corrected chi connectivity index (χ2v) is 7.91. The Morgan fingerprint density at radius 3 is 2.61 bits per heavy atom. The lowest BCUT2D eigenvalue weighted by atomic mass is 10.1. The summed E-state index contributed by atoms with van der Waals surface area (Å²) in [5.74, 6) is 1.30. The highest BCUT2D eigenvalue weighted by molar-refractivity contribution is 7.99. The molecule has 6 nitrogen and oxygen atoms in total. The zero-order valence-corrected chi connectivity index (χ0v) is 18.3. The van der Waals surface area contributed by atoms with Crippen LogP contribution in [0.1, 0.15) is 18.4 Å². The Labute approximate surface area is 185 Å². The SMILES string of the molecule is CCN(C(=O)CSc1nnc(COc2ccc(C)cc2)o1)c1cccc2ccccc12. The van der Waals surface area contributed by atoms with Crippen molar-refractivity contribution >= 4 is 34.1 Å². The van der Waals surface area contributed by atoms with Gasteiger partial charge in [0.05, 0.1) is 11.4 Å². The first-order valence-electron chi connectivity index (χ1n) is 10.1. The van der Waals surface area contributed by atoms with E-state index >= 15 is 0 Å². The van der Waals surface area contributed by atoms with Gasteiger partial charge < -0.3 is 14.1 Å². The first-order valence-corrected chi connectivity index (χ1v) is 11.1. The van der Waals surface area contributed by atoms with E-state index in [2.05, 4.69) is 10.2 Å². The van der Waals surface area contributed by atoms with Gasteiger partial charge in [0, 0.05) is 11.9 Å². The molecule has 7 heteroatoms. The van der Waals surface area contributed by atoms with E-state index in [1.54, 1.807) is 4.90 Å². The number of fused-ring (bicyclic) bond motifs is 1. The molecule has 0 radical (unpaired) electrons. The fourth-order valence-electron chi connectivity index (χ4n) is 3.26. The number of aromatic nitrogens is 2. The van der Waals surface area contributed by atoms with Gasteiger partial charge in [0.15, 0.2) is 6.61 Å². The number of hydrogen-bond acceptors (Lipinski definition) is 6. The van der Waals surface area contributed by atoms with E-state index in [1.165, 1.54) is 11.8 Å². The summed E-state index contributed by atoms with van der Waals surface area (Å²) in [6, 6.07) is 21.8. The van der Waals surface area contributed by atoms with Crippen LogP contribution >= 0.6 is 11.8 Å². The number of rotatable bonds is 8. The molecule has 1 amide bonds. The number of aryl methyl sites for hydroxylation is 1. The van der Waals surface area contributed by atoms with Crippen LogP contribution in [0.4, 0.5) is 5.69 Å². The van der Waals surface area contributed by atoms with Crippen molar-refractivity contribution < 1.29 is 13.9 Å². The van der Waals surface area contributed by atoms with Crippen LogP contribution in [0, 0.1) is 6.92 Å². The van der Waals surface area contributed by atoms with E-state index in [0.717, 1.165) is 27.8 Å². The highest BCUT2D eigenvalue weighted by Gasteiger charge is 2.18. The Hall–Kier alpha value is -3.32. The maximum atomic E-state index is 12.9. The monoisotopic (exact) mass is 433 g/mol. The molecule has 0 bridgehead atoms. The molecule has 158 valence electrons. The minimum atomic E-state index is -0.0143. The normalized spacial score (nSPS) is 10.9. The third-order valence-corrected chi connectivity index (χ3v) is 5.63. The lowest BCUT2D eigenvalue weighted by molar-refractivity contribution is -0.116. The second-order valence-electron chi connectivity index (χ2n) is 6.99. The summed E-state index contributed by atoms with van der Waals surface area (Å²) >= 11 is 1.23. The highest BCUT2D eigenvalue weighted by Crippen LogP contribution is 2.28. The molecular weight excluding hydrogens is 410 g/mol.